The molecule has 150 valence electrons. The number of likely N-dealkylation sites (N-methyl/N-ethyl adjacent to an activating group) is 1. The highest BCUT2D eigenvalue weighted by Gasteiger charge is 2.31. The minimum absolute atomic E-state index is 0.0492. The first-order chi connectivity index (χ1) is 13.6. The molecule has 0 saturated carbocycles. The van der Waals surface area contributed by atoms with Crippen molar-refractivity contribution in [1.82, 2.24) is 24.8 Å². The minimum atomic E-state index is -0.800. The summed E-state index contributed by atoms with van der Waals surface area (Å²) in [4.78, 5) is 29.6. The van der Waals surface area contributed by atoms with Crippen molar-refractivity contribution in [3.63, 3.8) is 0 Å². The van der Waals surface area contributed by atoms with Gasteiger partial charge in [-0.1, -0.05) is 5.21 Å². The number of carbonyl (C=O) groups excluding carboxylic acids is 2. The first-order valence-electron chi connectivity index (χ1n) is 9.44. The summed E-state index contributed by atoms with van der Waals surface area (Å²) in [6.07, 6.45) is 4.05. The Morgan fingerprint density at radius 3 is 2.50 bits per heavy atom. The standard InChI is InChI=1S/C19H26N6O3/c1-23-10-12-24(13-11-23)19(28)17(3-2-14-26)18(27)21-15-4-6-16(7-5-15)25-9-8-20-22-25/h4-9,17,26H,2-3,10-14H2,1H3,(H,21,27)/t17-/m0/s1. The largest absolute Gasteiger partial charge is 0.396 e. The Morgan fingerprint density at radius 1 is 1.18 bits per heavy atom. The van der Waals surface area contributed by atoms with E-state index in [1.165, 1.54) is 0 Å². The Hall–Kier alpha value is -2.78. The Morgan fingerprint density at radius 2 is 1.89 bits per heavy atom. The second kappa shape index (κ2) is 9.43. The van der Waals surface area contributed by atoms with Crippen LogP contribution in [0.2, 0.25) is 0 Å². The summed E-state index contributed by atoms with van der Waals surface area (Å²) in [5.41, 5.74) is 1.43. The molecule has 1 aromatic heterocycles. The number of anilines is 1. The molecule has 1 saturated heterocycles. The molecule has 9 heteroatoms. The molecule has 28 heavy (non-hydrogen) atoms. The Kier molecular flexibility index (Phi) is 6.72. The van der Waals surface area contributed by atoms with Crippen LogP contribution in [0.3, 0.4) is 0 Å². The minimum Gasteiger partial charge on any atom is -0.396 e. The summed E-state index contributed by atoms with van der Waals surface area (Å²) in [6, 6.07) is 7.15. The molecule has 9 nitrogen and oxygen atoms in total. The monoisotopic (exact) mass is 386 g/mol. The van der Waals surface area contributed by atoms with Crippen molar-refractivity contribution in [1.29, 1.82) is 0 Å². The number of benzene rings is 1. The van der Waals surface area contributed by atoms with Gasteiger partial charge in [0.05, 0.1) is 18.1 Å². The van der Waals surface area contributed by atoms with Gasteiger partial charge in [0.25, 0.3) is 0 Å². The summed E-state index contributed by atoms with van der Waals surface area (Å²) in [7, 11) is 2.01. The van der Waals surface area contributed by atoms with E-state index in [4.69, 9.17) is 5.11 Å². The van der Waals surface area contributed by atoms with Crippen molar-refractivity contribution >= 4 is 17.5 Å². The number of carbonyl (C=O) groups is 2. The number of amides is 2. The van der Waals surface area contributed by atoms with Crippen molar-refractivity contribution < 1.29 is 14.7 Å². The summed E-state index contributed by atoms with van der Waals surface area (Å²) in [5, 5.41) is 19.7. The average molecular weight is 386 g/mol. The van der Waals surface area contributed by atoms with Crippen molar-refractivity contribution in [3.8, 4) is 5.69 Å². The number of nitrogens with one attached hydrogen (secondary N) is 1. The molecule has 0 spiro atoms. The van der Waals surface area contributed by atoms with Crippen LogP contribution in [0.15, 0.2) is 36.7 Å². The van der Waals surface area contributed by atoms with Crippen LogP contribution in [0, 0.1) is 5.92 Å². The van der Waals surface area contributed by atoms with E-state index in [1.807, 2.05) is 19.2 Å². The van der Waals surface area contributed by atoms with E-state index in [1.54, 1.807) is 34.1 Å². The van der Waals surface area contributed by atoms with Gasteiger partial charge < -0.3 is 20.2 Å². The Bertz CT molecular complexity index is 769. The fourth-order valence-corrected chi connectivity index (χ4v) is 3.18. The molecule has 1 aliphatic rings. The zero-order chi connectivity index (χ0) is 19.9. The number of rotatable bonds is 7. The lowest BCUT2D eigenvalue weighted by molar-refractivity contribution is -0.142. The second-order valence-electron chi connectivity index (χ2n) is 6.93. The molecule has 1 aromatic carbocycles. The number of aliphatic hydroxyl groups excluding tert-OH is 1. The highest BCUT2D eigenvalue weighted by molar-refractivity contribution is 6.06. The van der Waals surface area contributed by atoms with E-state index in [2.05, 4.69) is 20.5 Å². The first-order valence-corrected chi connectivity index (χ1v) is 9.44. The van der Waals surface area contributed by atoms with Gasteiger partial charge in [0.1, 0.15) is 5.92 Å². The zero-order valence-electron chi connectivity index (χ0n) is 16.0. The third kappa shape index (κ3) is 4.93. The molecule has 3 rings (SSSR count). The number of aliphatic hydroxyl groups is 1. The van der Waals surface area contributed by atoms with Crippen LogP contribution in [0.25, 0.3) is 5.69 Å². The van der Waals surface area contributed by atoms with Crippen LogP contribution in [-0.4, -0.2) is 81.5 Å². The normalized spacial score (nSPS) is 16.0. The van der Waals surface area contributed by atoms with E-state index in [0.29, 0.717) is 31.6 Å². The van der Waals surface area contributed by atoms with E-state index in [0.717, 1.165) is 18.8 Å². The molecule has 0 unspecified atom stereocenters. The Balaban J connectivity index is 1.66. The molecule has 2 N–H and O–H groups in total. The fourth-order valence-electron chi connectivity index (χ4n) is 3.18. The predicted octanol–water partition coefficient (Wildman–Crippen LogP) is 0.369. The molecular formula is C19H26N6O3. The highest BCUT2D eigenvalue weighted by Crippen LogP contribution is 2.18. The van der Waals surface area contributed by atoms with E-state index in [-0.39, 0.29) is 18.4 Å². The summed E-state index contributed by atoms with van der Waals surface area (Å²) >= 11 is 0. The van der Waals surface area contributed by atoms with Gasteiger partial charge >= 0.3 is 0 Å². The SMILES string of the molecule is CN1CCN(C(=O)[C@@H](CCCO)C(=O)Nc2ccc(-n3ccnn3)cc2)CC1. The molecule has 0 radical (unpaired) electrons. The van der Waals surface area contributed by atoms with Crippen LogP contribution in [0.1, 0.15) is 12.8 Å². The fraction of sp³-hybridized carbons (Fsp3) is 0.474. The Labute approximate surface area is 163 Å². The third-order valence-electron chi connectivity index (χ3n) is 4.90. The van der Waals surface area contributed by atoms with Gasteiger partial charge in [0.15, 0.2) is 0 Å². The number of nitrogens with zero attached hydrogens (tertiary/aromatic N) is 5. The summed E-state index contributed by atoms with van der Waals surface area (Å²) < 4.78 is 1.62. The average Bonchev–Trinajstić information content (AvgIpc) is 3.24. The number of aromatic nitrogens is 3. The van der Waals surface area contributed by atoms with Gasteiger partial charge in [-0.2, -0.15) is 0 Å². The van der Waals surface area contributed by atoms with Crippen molar-refractivity contribution in [2.24, 2.45) is 5.92 Å². The quantitative estimate of drug-likeness (QED) is 0.667. The van der Waals surface area contributed by atoms with Crippen LogP contribution in [-0.2, 0) is 9.59 Å². The number of hydrogen-bond donors (Lipinski definition) is 2. The van der Waals surface area contributed by atoms with Gasteiger partial charge in [0, 0.05) is 38.5 Å². The van der Waals surface area contributed by atoms with E-state index in [9.17, 15) is 9.59 Å². The van der Waals surface area contributed by atoms with Gasteiger partial charge in [-0.3, -0.25) is 9.59 Å². The van der Waals surface area contributed by atoms with Gasteiger partial charge in [0.2, 0.25) is 11.8 Å². The van der Waals surface area contributed by atoms with Crippen LogP contribution in [0.4, 0.5) is 5.69 Å². The predicted molar refractivity (Wildman–Crippen MR) is 104 cm³/mol. The molecule has 2 aromatic rings. The van der Waals surface area contributed by atoms with Crippen molar-refractivity contribution in [3.05, 3.63) is 36.7 Å². The third-order valence-corrected chi connectivity index (χ3v) is 4.90. The lowest BCUT2D eigenvalue weighted by Crippen LogP contribution is -2.50. The highest BCUT2D eigenvalue weighted by atomic mass is 16.3. The maximum absolute atomic E-state index is 12.9. The van der Waals surface area contributed by atoms with Crippen LogP contribution in [0.5, 0.6) is 0 Å². The molecule has 2 amide bonds. The van der Waals surface area contributed by atoms with Gasteiger partial charge in [-0.25, -0.2) is 4.68 Å². The van der Waals surface area contributed by atoms with Gasteiger partial charge in [-0.15, -0.1) is 5.10 Å². The number of hydrogen-bond acceptors (Lipinski definition) is 6. The maximum atomic E-state index is 12.9. The van der Waals surface area contributed by atoms with Crippen molar-refractivity contribution in [2.45, 2.75) is 12.8 Å². The second-order valence-corrected chi connectivity index (χ2v) is 6.93. The molecule has 1 aliphatic heterocycles. The molecular weight excluding hydrogens is 360 g/mol. The molecule has 0 bridgehead atoms. The van der Waals surface area contributed by atoms with E-state index >= 15 is 0 Å². The lowest BCUT2D eigenvalue weighted by atomic mass is 9.99. The number of piperazine rings is 1. The van der Waals surface area contributed by atoms with Gasteiger partial charge in [-0.05, 0) is 44.2 Å². The molecule has 1 fully saturated rings. The molecule has 1 atom stereocenters. The topological polar surface area (TPSA) is 104 Å². The first kappa shape index (κ1) is 20.0. The lowest BCUT2D eigenvalue weighted by Gasteiger charge is -2.34. The molecule has 0 aliphatic carbocycles. The molecule has 2 heterocycles. The zero-order valence-corrected chi connectivity index (χ0v) is 16.0. The maximum Gasteiger partial charge on any atom is 0.236 e. The summed E-state index contributed by atoms with van der Waals surface area (Å²) in [5.74, 6) is -1.31. The smallest absolute Gasteiger partial charge is 0.236 e. The van der Waals surface area contributed by atoms with E-state index < -0.39 is 5.92 Å². The summed E-state index contributed by atoms with van der Waals surface area (Å²) in [6.45, 7) is 2.77. The van der Waals surface area contributed by atoms with Crippen LogP contribution < -0.4 is 5.32 Å². The van der Waals surface area contributed by atoms with Crippen molar-refractivity contribution in [2.75, 3.05) is 45.2 Å². The van der Waals surface area contributed by atoms with Crippen LogP contribution >= 0.6 is 0 Å².